The molecule has 0 aromatic heterocycles. The average molecular weight is 275 g/mol. The Labute approximate surface area is 122 Å². The Morgan fingerprint density at radius 2 is 2.30 bits per heavy atom. The van der Waals surface area contributed by atoms with Gasteiger partial charge in [0.25, 0.3) is 0 Å². The molecule has 0 amide bonds. The monoisotopic (exact) mass is 275 g/mol. The summed E-state index contributed by atoms with van der Waals surface area (Å²) in [6.45, 7) is 4.04. The lowest BCUT2D eigenvalue weighted by atomic mass is 10.0. The summed E-state index contributed by atoms with van der Waals surface area (Å²) in [5.41, 5.74) is 1.27. The van der Waals surface area contributed by atoms with Gasteiger partial charge in [0, 0.05) is 0 Å². The fourth-order valence-corrected chi connectivity index (χ4v) is 2.45. The van der Waals surface area contributed by atoms with Crippen molar-refractivity contribution in [2.75, 3.05) is 20.3 Å². The van der Waals surface area contributed by atoms with E-state index in [9.17, 15) is 0 Å². The van der Waals surface area contributed by atoms with Crippen LogP contribution in [-0.4, -0.2) is 26.3 Å². The van der Waals surface area contributed by atoms with Crippen LogP contribution in [0.25, 0.3) is 0 Å². The van der Waals surface area contributed by atoms with Gasteiger partial charge in [-0.25, -0.2) is 0 Å². The summed E-state index contributed by atoms with van der Waals surface area (Å²) < 4.78 is 11.1. The second-order valence-electron chi connectivity index (χ2n) is 5.16. The molecule has 3 nitrogen and oxygen atoms in total. The van der Waals surface area contributed by atoms with Gasteiger partial charge in [-0.3, -0.25) is 0 Å². The fourth-order valence-electron chi connectivity index (χ4n) is 2.45. The number of methoxy groups -OCH3 is 1. The van der Waals surface area contributed by atoms with Crippen LogP contribution < -0.4 is 10.1 Å². The van der Waals surface area contributed by atoms with Crippen molar-refractivity contribution in [3.63, 3.8) is 0 Å². The second kappa shape index (κ2) is 7.95. The largest absolute Gasteiger partial charge is 0.497 e. The highest BCUT2D eigenvalue weighted by atomic mass is 16.5. The maximum atomic E-state index is 5.83. The Morgan fingerprint density at radius 3 is 3.00 bits per heavy atom. The predicted octanol–water partition coefficient (Wildman–Crippen LogP) is 3.30. The summed E-state index contributed by atoms with van der Waals surface area (Å²) in [4.78, 5) is 0. The summed E-state index contributed by atoms with van der Waals surface area (Å²) >= 11 is 0. The van der Waals surface area contributed by atoms with Crippen molar-refractivity contribution >= 4 is 0 Å². The highest BCUT2D eigenvalue weighted by molar-refractivity contribution is 5.30. The number of allylic oxidation sites excluding steroid dienone is 1. The molecule has 1 aliphatic heterocycles. The number of rotatable bonds is 7. The molecule has 0 radical (unpaired) electrons. The lowest BCUT2D eigenvalue weighted by Crippen LogP contribution is -2.35. The SMILES string of the molecule is CCCNC(Cc1cccc(OC)c1)C1=CCCCO1. The summed E-state index contributed by atoms with van der Waals surface area (Å²) in [7, 11) is 1.71. The Hall–Kier alpha value is -1.48. The highest BCUT2D eigenvalue weighted by Crippen LogP contribution is 2.19. The molecule has 0 bridgehead atoms. The molecular formula is C17H25NO2. The molecule has 1 unspecified atom stereocenters. The van der Waals surface area contributed by atoms with Crippen LogP contribution in [0.4, 0.5) is 0 Å². The van der Waals surface area contributed by atoms with Gasteiger partial charge in [0.15, 0.2) is 0 Å². The molecule has 2 rings (SSSR count). The number of ether oxygens (including phenoxy) is 2. The van der Waals surface area contributed by atoms with Crippen LogP contribution in [0.3, 0.4) is 0 Å². The van der Waals surface area contributed by atoms with E-state index in [1.54, 1.807) is 7.11 Å². The molecule has 0 saturated heterocycles. The van der Waals surface area contributed by atoms with Crippen molar-refractivity contribution in [2.24, 2.45) is 0 Å². The molecule has 20 heavy (non-hydrogen) atoms. The number of hydrogen-bond acceptors (Lipinski definition) is 3. The van der Waals surface area contributed by atoms with Crippen molar-refractivity contribution in [3.05, 3.63) is 41.7 Å². The Bertz CT molecular complexity index is 442. The van der Waals surface area contributed by atoms with Crippen molar-refractivity contribution in [2.45, 2.75) is 38.6 Å². The summed E-state index contributed by atoms with van der Waals surface area (Å²) in [6.07, 6.45) is 6.54. The van der Waals surface area contributed by atoms with Gasteiger partial charge < -0.3 is 14.8 Å². The molecular weight excluding hydrogens is 250 g/mol. The molecule has 1 aromatic rings. The quantitative estimate of drug-likeness (QED) is 0.828. The van der Waals surface area contributed by atoms with E-state index in [1.165, 1.54) is 5.56 Å². The maximum Gasteiger partial charge on any atom is 0.119 e. The highest BCUT2D eigenvalue weighted by Gasteiger charge is 2.18. The van der Waals surface area contributed by atoms with Crippen molar-refractivity contribution < 1.29 is 9.47 Å². The van der Waals surface area contributed by atoms with Gasteiger partial charge in [-0.2, -0.15) is 0 Å². The minimum Gasteiger partial charge on any atom is -0.497 e. The Balaban J connectivity index is 2.07. The zero-order chi connectivity index (χ0) is 14.2. The van der Waals surface area contributed by atoms with Crippen molar-refractivity contribution in [1.29, 1.82) is 0 Å². The molecule has 1 aromatic carbocycles. The standard InChI is InChI=1S/C17H25NO2/c1-3-10-18-16(17-9-4-5-11-20-17)13-14-7-6-8-15(12-14)19-2/h6-9,12,16,18H,3-5,10-11,13H2,1-2H3. The van der Waals surface area contributed by atoms with E-state index in [2.05, 4.69) is 30.4 Å². The van der Waals surface area contributed by atoms with Crippen molar-refractivity contribution in [1.82, 2.24) is 5.32 Å². The van der Waals surface area contributed by atoms with E-state index in [4.69, 9.17) is 9.47 Å². The second-order valence-corrected chi connectivity index (χ2v) is 5.16. The zero-order valence-corrected chi connectivity index (χ0v) is 12.5. The summed E-state index contributed by atoms with van der Waals surface area (Å²) in [5, 5.41) is 3.59. The van der Waals surface area contributed by atoms with E-state index in [1.807, 2.05) is 12.1 Å². The van der Waals surface area contributed by atoms with Crippen LogP contribution in [0.5, 0.6) is 5.75 Å². The first kappa shape index (κ1) is 14.9. The molecule has 110 valence electrons. The lowest BCUT2D eigenvalue weighted by molar-refractivity contribution is 0.167. The number of benzene rings is 1. The molecule has 1 aliphatic rings. The average Bonchev–Trinajstić information content (AvgIpc) is 2.52. The van der Waals surface area contributed by atoms with Gasteiger partial charge in [-0.15, -0.1) is 0 Å². The van der Waals surface area contributed by atoms with Crippen LogP contribution >= 0.6 is 0 Å². The normalized spacial score (nSPS) is 16.2. The third kappa shape index (κ3) is 4.27. The van der Waals surface area contributed by atoms with Gasteiger partial charge >= 0.3 is 0 Å². The molecule has 0 spiro atoms. The molecule has 0 saturated carbocycles. The molecule has 3 heteroatoms. The van der Waals surface area contributed by atoms with E-state index >= 15 is 0 Å². The minimum atomic E-state index is 0.266. The van der Waals surface area contributed by atoms with Gasteiger partial charge in [0.2, 0.25) is 0 Å². The van der Waals surface area contributed by atoms with Gasteiger partial charge in [-0.05, 0) is 56.0 Å². The first-order valence-electron chi connectivity index (χ1n) is 7.52. The Morgan fingerprint density at radius 1 is 1.40 bits per heavy atom. The first-order valence-corrected chi connectivity index (χ1v) is 7.52. The summed E-state index contributed by atoms with van der Waals surface area (Å²) in [5.74, 6) is 2.02. The molecule has 1 heterocycles. The molecule has 1 N–H and O–H groups in total. The van der Waals surface area contributed by atoms with Crippen molar-refractivity contribution in [3.8, 4) is 5.75 Å². The van der Waals surface area contributed by atoms with Gasteiger partial charge in [-0.1, -0.05) is 19.1 Å². The molecule has 1 atom stereocenters. The van der Waals surface area contributed by atoms with E-state index in [0.717, 1.165) is 50.3 Å². The van der Waals surface area contributed by atoms with Crippen LogP contribution in [-0.2, 0) is 11.2 Å². The van der Waals surface area contributed by atoms with E-state index in [-0.39, 0.29) is 6.04 Å². The van der Waals surface area contributed by atoms with Gasteiger partial charge in [0.1, 0.15) is 11.5 Å². The summed E-state index contributed by atoms with van der Waals surface area (Å²) in [6, 6.07) is 8.54. The predicted molar refractivity (Wildman–Crippen MR) is 82.0 cm³/mol. The van der Waals surface area contributed by atoms with Crippen LogP contribution in [0.2, 0.25) is 0 Å². The minimum absolute atomic E-state index is 0.266. The third-order valence-electron chi connectivity index (χ3n) is 3.52. The van der Waals surface area contributed by atoms with Crippen LogP contribution in [0.15, 0.2) is 36.1 Å². The first-order chi connectivity index (χ1) is 9.83. The third-order valence-corrected chi connectivity index (χ3v) is 3.52. The fraction of sp³-hybridized carbons (Fsp3) is 0.529. The maximum absolute atomic E-state index is 5.83. The Kier molecular flexibility index (Phi) is 5.93. The van der Waals surface area contributed by atoms with E-state index < -0.39 is 0 Å². The van der Waals surface area contributed by atoms with E-state index in [0.29, 0.717) is 0 Å². The van der Waals surface area contributed by atoms with Crippen LogP contribution in [0, 0.1) is 0 Å². The van der Waals surface area contributed by atoms with Crippen LogP contribution in [0.1, 0.15) is 31.7 Å². The number of nitrogens with one attached hydrogen (secondary N) is 1. The topological polar surface area (TPSA) is 30.5 Å². The molecule has 0 aliphatic carbocycles. The van der Waals surface area contributed by atoms with Gasteiger partial charge in [0.05, 0.1) is 19.8 Å². The zero-order valence-electron chi connectivity index (χ0n) is 12.5. The smallest absolute Gasteiger partial charge is 0.119 e. The number of hydrogen-bond donors (Lipinski definition) is 1. The lowest BCUT2D eigenvalue weighted by Gasteiger charge is -2.25. The molecule has 0 fully saturated rings.